The molecule has 4 nitrogen and oxygen atoms in total. The third kappa shape index (κ3) is 3.53. The predicted molar refractivity (Wildman–Crippen MR) is 92.9 cm³/mol. The molecule has 0 aromatic heterocycles. The molecule has 2 atom stereocenters. The number of amides is 1. The van der Waals surface area contributed by atoms with Gasteiger partial charge < -0.3 is 9.47 Å². The van der Waals surface area contributed by atoms with Crippen molar-refractivity contribution in [2.24, 2.45) is 0 Å². The van der Waals surface area contributed by atoms with Crippen molar-refractivity contribution in [2.75, 3.05) is 7.11 Å². The highest BCUT2D eigenvalue weighted by molar-refractivity contribution is 5.69. The van der Waals surface area contributed by atoms with Gasteiger partial charge in [0.1, 0.15) is 12.4 Å². The summed E-state index contributed by atoms with van der Waals surface area (Å²) in [4.78, 5) is 13.8. The van der Waals surface area contributed by atoms with E-state index in [2.05, 4.69) is 6.92 Å². The van der Waals surface area contributed by atoms with Gasteiger partial charge in [-0.25, -0.2) is 4.79 Å². The van der Waals surface area contributed by atoms with Gasteiger partial charge in [-0.1, -0.05) is 42.5 Å². The maximum Gasteiger partial charge on any atom is 0.410 e. The molecule has 1 amide bonds. The maximum absolute atomic E-state index is 12.0. The lowest BCUT2D eigenvalue weighted by Crippen LogP contribution is -2.35. The number of rotatable bonds is 4. The Morgan fingerprint density at radius 3 is 2.46 bits per heavy atom. The van der Waals surface area contributed by atoms with Crippen molar-refractivity contribution >= 4 is 6.09 Å². The van der Waals surface area contributed by atoms with Gasteiger partial charge in [0.25, 0.3) is 0 Å². The summed E-state index contributed by atoms with van der Waals surface area (Å²) in [6.07, 6.45) is 1.70. The second-order valence-corrected chi connectivity index (χ2v) is 6.16. The fourth-order valence-electron chi connectivity index (χ4n) is 3.25. The standard InChI is InChI=1S/C20H23NO3/c1-15-8-13-19(21(15)20(22)23-2)17-9-11-18(12-10-17)24-14-16-6-4-3-5-7-16/h3-7,9-12,15,19H,8,13-14H2,1-2H3/t15-,19+/m1/s1. The van der Waals surface area contributed by atoms with E-state index in [0.29, 0.717) is 6.61 Å². The minimum atomic E-state index is -0.255. The molecule has 0 aliphatic carbocycles. The first kappa shape index (κ1) is 16.4. The maximum atomic E-state index is 12.0. The quantitative estimate of drug-likeness (QED) is 0.827. The summed E-state index contributed by atoms with van der Waals surface area (Å²) in [5, 5.41) is 0. The minimum Gasteiger partial charge on any atom is -0.489 e. The van der Waals surface area contributed by atoms with Gasteiger partial charge in [-0.05, 0) is 43.0 Å². The van der Waals surface area contributed by atoms with Gasteiger partial charge in [0, 0.05) is 6.04 Å². The van der Waals surface area contributed by atoms with Crippen LogP contribution in [0.1, 0.15) is 36.9 Å². The topological polar surface area (TPSA) is 38.8 Å². The van der Waals surface area contributed by atoms with E-state index >= 15 is 0 Å². The molecule has 0 N–H and O–H groups in total. The van der Waals surface area contributed by atoms with E-state index in [4.69, 9.17) is 9.47 Å². The van der Waals surface area contributed by atoms with Crippen molar-refractivity contribution in [1.29, 1.82) is 0 Å². The van der Waals surface area contributed by atoms with Gasteiger partial charge in [0.05, 0.1) is 13.2 Å². The molecule has 1 saturated heterocycles. The normalized spacial score (nSPS) is 20.0. The molecule has 0 radical (unpaired) electrons. The number of carbonyl (C=O) groups is 1. The lowest BCUT2D eigenvalue weighted by molar-refractivity contribution is 0.105. The Morgan fingerprint density at radius 2 is 1.79 bits per heavy atom. The molecule has 0 unspecified atom stereocenters. The van der Waals surface area contributed by atoms with Crippen molar-refractivity contribution in [3.63, 3.8) is 0 Å². The third-order valence-electron chi connectivity index (χ3n) is 4.57. The number of likely N-dealkylation sites (tertiary alicyclic amines) is 1. The van der Waals surface area contributed by atoms with E-state index in [9.17, 15) is 4.79 Å². The van der Waals surface area contributed by atoms with Crippen LogP contribution in [0.25, 0.3) is 0 Å². The molecule has 1 aliphatic heterocycles. The van der Waals surface area contributed by atoms with Crippen molar-refractivity contribution in [2.45, 2.75) is 38.5 Å². The number of hydrogen-bond acceptors (Lipinski definition) is 3. The lowest BCUT2D eigenvalue weighted by Gasteiger charge is -2.27. The molecule has 0 spiro atoms. The number of benzene rings is 2. The Kier molecular flexibility index (Phi) is 5.04. The highest BCUT2D eigenvalue weighted by Gasteiger charge is 2.35. The van der Waals surface area contributed by atoms with Crippen LogP contribution in [0.3, 0.4) is 0 Å². The summed E-state index contributed by atoms with van der Waals surface area (Å²) in [6, 6.07) is 18.4. The van der Waals surface area contributed by atoms with Crippen LogP contribution in [-0.4, -0.2) is 24.1 Å². The zero-order chi connectivity index (χ0) is 16.9. The molecule has 1 heterocycles. The van der Waals surface area contributed by atoms with E-state index in [1.165, 1.54) is 7.11 Å². The minimum absolute atomic E-state index is 0.0793. The highest BCUT2D eigenvalue weighted by Crippen LogP contribution is 2.36. The second kappa shape index (κ2) is 7.39. The predicted octanol–water partition coefficient (Wildman–Crippen LogP) is 4.56. The summed E-state index contributed by atoms with van der Waals surface area (Å²) in [6.45, 7) is 2.61. The van der Waals surface area contributed by atoms with Crippen LogP contribution in [0.2, 0.25) is 0 Å². The number of ether oxygens (including phenoxy) is 2. The Balaban J connectivity index is 1.66. The molecule has 24 heavy (non-hydrogen) atoms. The van der Waals surface area contributed by atoms with Crippen LogP contribution >= 0.6 is 0 Å². The van der Waals surface area contributed by atoms with Crippen LogP contribution in [-0.2, 0) is 11.3 Å². The van der Waals surface area contributed by atoms with Gasteiger partial charge in [0.2, 0.25) is 0 Å². The van der Waals surface area contributed by atoms with Gasteiger partial charge in [-0.2, -0.15) is 0 Å². The zero-order valence-corrected chi connectivity index (χ0v) is 14.1. The fourth-order valence-corrected chi connectivity index (χ4v) is 3.25. The van der Waals surface area contributed by atoms with Crippen LogP contribution in [0.15, 0.2) is 54.6 Å². The van der Waals surface area contributed by atoms with E-state index in [1.807, 2.05) is 59.5 Å². The van der Waals surface area contributed by atoms with Crippen molar-refractivity contribution in [3.8, 4) is 5.75 Å². The average molecular weight is 325 g/mol. The summed E-state index contributed by atoms with van der Waals surface area (Å²) >= 11 is 0. The van der Waals surface area contributed by atoms with E-state index < -0.39 is 0 Å². The Bertz CT molecular complexity index is 669. The first-order valence-electron chi connectivity index (χ1n) is 8.32. The first-order chi connectivity index (χ1) is 11.7. The Morgan fingerprint density at radius 1 is 1.08 bits per heavy atom. The number of methoxy groups -OCH3 is 1. The largest absolute Gasteiger partial charge is 0.489 e. The highest BCUT2D eigenvalue weighted by atomic mass is 16.5. The van der Waals surface area contributed by atoms with Crippen molar-refractivity contribution < 1.29 is 14.3 Å². The number of carbonyl (C=O) groups excluding carboxylic acids is 1. The van der Waals surface area contributed by atoms with Crippen molar-refractivity contribution in [1.82, 2.24) is 4.90 Å². The number of hydrogen-bond donors (Lipinski definition) is 0. The fraction of sp³-hybridized carbons (Fsp3) is 0.350. The van der Waals surface area contributed by atoms with Crippen LogP contribution < -0.4 is 4.74 Å². The molecule has 4 heteroatoms. The van der Waals surface area contributed by atoms with Gasteiger partial charge in [-0.3, -0.25) is 4.90 Å². The van der Waals surface area contributed by atoms with E-state index in [-0.39, 0.29) is 18.2 Å². The van der Waals surface area contributed by atoms with Crippen LogP contribution in [0.4, 0.5) is 4.79 Å². The summed E-state index contributed by atoms with van der Waals surface area (Å²) in [7, 11) is 1.44. The smallest absolute Gasteiger partial charge is 0.410 e. The summed E-state index contributed by atoms with van der Waals surface area (Å²) in [5.41, 5.74) is 2.26. The summed E-state index contributed by atoms with van der Waals surface area (Å²) in [5.74, 6) is 0.832. The molecular formula is C20H23NO3. The van der Waals surface area contributed by atoms with Gasteiger partial charge in [-0.15, -0.1) is 0 Å². The third-order valence-corrected chi connectivity index (χ3v) is 4.57. The van der Waals surface area contributed by atoms with Gasteiger partial charge in [0.15, 0.2) is 0 Å². The average Bonchev–Trinajstić information content (AvgIpc) is 3.02. The van der Waals surface area contributed by atoms with E-state index in [0.717, 1.165) is 29.7 Å². The molecule has 2 aromatic rings. The molecule has 0 saturated carbocycles. The van der Waals surface area contributed by atoms with Crippen molar-refractivity contribution in [3.05, 3.63) is 65.7 Å². The molecular weight excluding hydrogens is 302 g/mol. The zero-order valence-electron chi connectivity index (χ0n) is 14.1. The SMILES string of the molecule is COC(=O)N1[C@H](C)CC[C@H]1c1ccc(OCc2ccccc2)cc1. The molecule has 126 valence electrons. The number of nitrogens with zero attached hydrogens (tertiary/aromatic N) is 1. The Hall–Kier alpha value is -2.49. The Labute approximate surface area is 143 Å². The van der Waals surface area contributed by atoms with Crippen LogP contribution in [0.5, 0.6) is 5.75 Å². The van der Waals surface area contributed by atoms with E-state index in [1.54, 1.807) is 0 Å². The summed E-state index contributed by atoms with van der Waals surface area (Å²) < 4.78 is 10.8. The molecule has 3 rings (SSSR count). The van der Waals surface area contributed by atoms with Crippen LogP contribution in [0, 0.1) is 0 Å². The molecule has 0 bridgehead atoms. The molecule has 2 aromatic carbocycles. The molecule has 1 aliphatic rings. The monoisotopic (exact) mass is 325 g/mol. The van der Waals surface area contributed by atoms with Gasteiger partial charge >= 0.3 is 6.09 Å². The lowest BCUT2D eigenvalue weighted by atomic mass is 10.0. The first-order valence-corrected chi connectivity index (χ1v) is 8.32. The second-order valence-electron chi connectivity index (χ2n) is 6.16. The molecule has 1 fully saturated rings.